The number of rotatable bonds is 3. The third-order valence-electron chi connectivity index (χ3n) is 6.43. The van der Waals surface area contributed by atoms with Crippen molar-refractivity contribution < 1.29 is 14.6 Å². The number of carbonyl (C=O) groups excluding carboxylic acids is 1. The lowest BCUT2D eigenvalue weighted by molar-refractivity contribution is -0.195. The zero-order valence-corrected chi connectivity index (χ0v) is 15.4. The predicted octanol–water partition coefficient (Wildman–Crippen LogP) is 4.53. The summed E-state index contributed by atoms with van der Waals surface area (Å²) in [5.74, 6) is -0.148. The molecule has 0 spiro atoms. The van der Waals surface area contributed by atoms with Crippen LogP contribution in [0.4, 0.5) is 0 Å². The molecule has 0 bridgehead atoms. The molecule has 2 aliphatic carbocycles. The van der Waals surface area contributed by atoms with Gasteiger partial charge in [0.2, 0.25) is 0 Å². The highest BCUT2D eigenvalue weighted by atomic mass is 16.5. The van der Waals surface area contributed by atoms with Gasteiger partial charge in [-0.2, -0.15) is 0 Å². The second kappa shape index (κ2) is 6.45. The van der Waals surface area contributed by atoms with Crippen LogP contribution in [0, 0.1) is 17.3 Å². The Morgan fingerprint density at radius 1 is 1.32 bits per heavy atom. The third kappa shape index (κ3) is 2.95. The molecule has 134 valence electrons. The number of hydrogen-bond donors (Lipinski definition) is 1. The Kier molecular flexibility index (Phi) is 4.63. The standard InChI is InChI=1S/C22H28O3/c1-15(2)18-13-19(25-20(23)17-10-6-5-7-11-17)21(4)12-8-9-16(3)22(21,24)14-18/h5-11,16,18-19,24H,1,12-14H2,2-4H3/t16-,18-,19-,21+,22-/m1/s1. The number of aliphatic hydroxyl groups is 1. The van der Waals surface area contributed by atoms with E-state index in [4.69, 9.17) is 4.74 Å². The Balaban J connectivity index is 1.94. The van der Waals surface area contributed by atoms with Crippen LogP contribution in [-0.4, -0.2) is 22.8 Å². The molecule has 0 heterocycles. The Hall–Kier alpha value is -1.87. The molecular formula is C22H28O3. The highest BCUT2D eigenvalue weighted by Gasteiger charge is 2.60. The monoisotopic (exact) mass is 340 g/mol. The first-order valence-electron chi connectivity index (χ1n) is 9.08. The van der Waals surface area contributed by atoms with Crippen LogP contribution in [0.1, 0.15) is 50.4 Å². The Morgan fingerprint density at radius 2 is 2.00 bits per heavy atom. The van der Waals surface area contributed by atoms with Crippen molar-refractivity contribution in [2.75, 3.05) is 0 Å². The Bertz CT molecular complexity index is 692. The summed E-state index contributed by atoms with van der Waals surface area (Å²) in [7, 11) is 0. The SMILES string of the molecule is C=C(C)[C@@H]1C[C@@H](OC(=O)c2ccccc2)[C@]2(C)CC=C[C@@H](C)[C@]2(O)C1. The maximum Gasteiger partial charge on any atom is 0.338 e. The molecule has 1 N–H and O–H groups in total. The molecule has 1 fully saturated rings. The fraction of sp³-hybridized carbons (Fsp3) is 0.500. The van der Waals surface area contributed by atoms with Crippen molar-refractivity contribution in [3.05, 3.63) is 60.2 Å². The molecule has 3 heteroatoms. The van der Waals surface area contributed by atoms with Crippen molar-refractivity contribution in [1.82, 2.24) is 0 Å². The van der Waals surface area contributed by atoms with Crippen molar-refractivity contribution in [3.8, 4) is 0 Å². The first-order valence-corrected chi connectivity index (χ1v) is 9.08. The fourth-order valence-electron chi connectivity index (χ4n) is 4.50. The minimum absolute atomic E-state index is 0.0197. The Labute approximate surface area is 150 Å². The number of esters is 1. The first-order chi connectivity index (χ1) is 11.8. The van der Waals surface area contributed by atoms with E-state index in [-0.39, 0.29) is 23.9 Å². The quantitative estimate of drug-likeness (QED) is 0.649. The molecule has 0 saturated heterocycles. The zero-order chi connectivity index (χ0) is 18.2. The van der Waals surface area contributed by atoms with E-state index in [0.717, 1.165) is 5.57 Å². The van der Waals surface area contributed by atoms with E-state index in [0.29, 0.717) is 24.8 Å². The van der Waals surface area contributed by atoms with Crippen molar-refractivity contribution in [2.45, 2.75) is 51.7 Å². The number of benzene rings is 1. The molecule has 1 saturated carbocycles. The summed E-state index contributed by atoms with van der Waals surface area (Å²) in [6.07, 6.45) is 5.95. The van der Waals surface area contributed by atoms with Gasteiger partial charge in [-0.25, -0.2) is 4.79 Å². The van der Waals surface area contributed by atoms with Gasteiger partial charge < -0.3 is 9.84 Å². The van der Waals surface area contributed by atoms with E-state index in [1.54, 1.807) is 12.1 Å². The van der Waals surface area contributed by atoms with Gasteiger partial charge in [0.25, 0.3) is 0 Å². The smallest absolute Gasteiger partial charge is 0.338 e. The van der Waals surface area contributed by atoms with Gasteiger partial charge >= 0.3 is 5.97 Å². The van der Waals surface area contributed by atoms with Gasteiger partial charge in [-0.15, -0.1) is 0 Å². The lowest BCUT2D eigenvalue weighted by atomic mass is 9.52. The molecule has 0 aliphatic heterocycles. The van der Waals surface area contributed by atoms with Gasteiger partial charge in [-0.05, 0) is 44.2 Å². The van der Waals surface area contributed by atoms with Gasteiger partial charge in [0.15, 0.2) is 0 Å². The van der Waals surface area contributed by atoms with Crippen molar-refractivity contribution in [2.24, 2.45) is 17.3 Å². The molecule has 0 unspecified atom stereocenters. The summed E-state index contributed by atoms with van der Waals surface area (Å²) in [6.45, 7) is 10.2. The number of carbonyl (C=O) groups is 1. The average molecular weight is 340 g/mol. The lowest BCUT2D eigenvalue weighted by Gasteiger charge is -2.58. The van der Waals surface area contributed by atoms with Crippen LogP contribution in [0.5, 0.6) is 0 Å². The summed E-state index contributed by atoms with van der Waals surface area (Å²) >= 11 is 0. The van der Waals surface area contributed by atoms with Crippen LogP contribution in [0.2, 0.25) is 0 Å². The van der Waals surface area contributed by atoms with Crippen LogP contribution in [-0.2, 0) is 4.74 Å². The van der Waals surface area contributed by atoms with Crippen LogP contribution in [0.15, 0.2) is 54.6 Å². The average Bonchev–Trinajstić information content (AvgIpc) is 2.58. The summed E-state index contributed by atoms with van der Waals surface area (Å²) in [5.41, 5.74) is 0.201. The number of allylic oxidation sites excluding steroid dienone is 2. The zero-order valence-electron chi connectivity index (χ0n) is 15.4. The largest absolute Gasteiger partial charge is 0.458 e. The van der Waals surface area contributed by atoms with Crippen LogP contribution >= 0.6 is 0 Å². The highest BCUT2D eigenvalue weighted by molar-refractivity contribution is 5.89. The topological polar surface area (TPSA) is 46.5 Å². The minimum atomic E-state index is -0.898. The summed E-state index contributed by atoms with van der Waals surface area (Å²) < 4.78 is 5.97. The van der Waals surface area contributed by atoms with Gasteiger partial charge in [0, 0.05) is 11.3 Å². The molecule has 1 aromatic carbocycles. The highest BCUT2D eigenvalue weighted by Crippen LogP contribution is 2.56. The van der Waals surface area contributed by atoms with Crippen molar-refractivity contribution in [1.29, 1.82) is 0 Å². The van der Waals surface area contributed by atoms with E-state index < -0.39 is 11.0 Å². The van der Waals surface area contributed by atoms with Crippen LogP contribution in [0.25, 0.3) is 0 Å². The van der Waals surface area contributed by atoms with Crippen LogP contribution in [0.3, 0.4) is 0 Å². The van der Waals surface area contributed by atoms with E-state index in [1.807, 2.05) is 32.0 Å². The second-order valence-electron chi connectivity index (χ2n) is 8.01. The molecule has 0 amide bonds. The predicted molar refractivity (Wildman–Crippen MR) is 99.2 cm³/mol. The van der Waals surface area contributed by atoms with Crippen molar-refractivity contribution in [3.63, 3.8) is 0 Å². The molecule has 3 rings (SSSR count). The van der Waals surface area contributed by atoms with Crippen molar-refractivity contribution >= 4 is 5.97 Å². The van der Waals surface area contributed by atoms with E-state index >= 15 is 0 Å². The molecule has 0 radical (unpaired) electrons. The second-order valence-corrected chi connectivity index (χ2v) is 8.01. The Morgan fingerprint density at radius 3 is 2.64 bits per heavy atom. The van der Waals surface area contributed by atoms with E-state index in [1.165, 1.54) is 0 Å². The number of fused-ring (bicyclic) bond motifs is 1. The fourth-order valence-corrected chi connectivity index (χ4v) is 4.50. The van der Waals surface area contributed by atoms with Gasteiger partial charge in [0.05, 0.1) is 11.2 Å². The van der Waals surface area contributed by atoms with E-state index in [2.05, 4.69) is 25.7 Å². The van der Waals surface area contributed by atoms with Crippen LogP contribution < -0.4 is 0 Å². The summed E-state index contributed by atoms with van der Waals surface area (Å²) in [6, 6.07) is 9.07. The maximum atomic E-state index is 12.6. The number of ether oxygens (including phenoxy) is 1. The molecule has 0 aromatic heterocycles. The molecule has 5 atom stereocenters. The summed E-state index contributed by atoms with van der Waals surface area (Å²) in [5, 5.41) is 11.6. The maximum absolute atomic E-state index is 12.6. The van der Waals surface area contributed by atoms with Gasteiger partial charge in [-0.1, -0.05) is 56.4 Å². The minimum Gasteiger partial charge on any atom is -0.458 e. The van der Waals surface area contributed by atoms with Gasteiger partial charge in [-0.3, -0.25) is 0 Å². The third-order valence-corrected chi connectivity index (χ3v) is 6.43. The van der Waals surface area contributed by atoms with E-state index in [9.17, 15) is 9.90 Å². The number of hydrogen-bond acceptors (Lipinski definition) is 3. The molecule has 1 aromatic rings. The molecule has 3 nitrogen and oxygen atoms in total. The first kappa shape index (κ1) is 17.9. The summed E-state index contributed by atoms with van der Waals surface area (Å²) in [4.78, 5) is 12.6. The molecular weight excluding hydrogens is 312 g/mol. The normalized spacial score (nSPS) is 37.2. The lowest BCUT2D eigenvalue weighted by Crippen LogP contribution is -2.63. The molecule has 25 heavy (non-hydrogen) atoms. The van der Waals surface area contributed by atoms with Gasteiger partial charge in [0.1, 0.15) is 6.10 Å². The molecule has 2 aliphatic rings.